The van der Waals surface area contributed by atoms with Gasteiger partial charge in [-0.15, -0.1) is 0 Å². The molecule has 0 N–H and O–H groups in total. The van der Waals surface area contributed by atoms with Gasteiger partial charge in [-0.25, -0.2) is 14.9 Å². The van der Waals surface area contributed by atoms with E-state index in [9.17, 15) is 4.79 Å². The molecule has 1 amide bonds. The van der Waals surface area contributed by atoms with E-state index in [2.05, 4.69) is 22.1 Å². The maximum Gasteiger partial charge on any atom is 0.237 e. The standard InChI is InChI=1S/C18H17N3O/c22-18(15-12-13-7-8-14(15)11-13)21(16-5-1-3-9-19-16)17-6-2-4-10-20-17/h1-10,13-15H,11-12H2/t13-,14+,15-/m1/s1. The summed E-state index contributed by atoms with van der Waals surface area (Å²) in [6.45, 7) is 0. The number of pyridine rings is 2. The number of anilines is 2. The summed E-state index contributed by atoms with van der Waals surface area (Å²) < 4.78 is 0. The van der Waals surface area contributed by atoms with Crippen molar-refractivity contribution in [2.75, 3.05) is 4.90 Å². The molecule has 2 aliphatic rings. The molecule has 1 fully saturated rings. The lowest BCUT2D eigenvalue weighted by Crippen LogP contribution is -2.35. The van der Waals surface area contributed by atoms with Crippen LogP contribution in [0, 0.1) is 17.8 Å². The highest BCUT2D eigenvalue weighted by Gasteiger charge is 2.42. The number of rotatable bonds is 3. The van der Waals surface area contributed by atoms with Crippen LogP contribution in [0.1, 0.15) is 12.8 Å². The fourth-order valence-corrected chi connectivity index (χ4v) is 3.55. The number of aromatic nitrogens is 2. The van der Waals surface area contributed by atoms with Crippen molar-refractivity contribution in [1.82, 2.24) is 9.97 Å². The summed E-state index contributed by atoms with van der Waals surface area (Å²) in [5, 5.41) is 0. The third kappa shape index (κ3) is 2.21. The van der Waals surface area contributed by atoms with Gasteiger partial charge in [-0.3, -0.25) is 4.79 Å². The van der Waals surface area contributed by atoms with E-state index in [0.29, 0.717) is 23.5 Å². The Morgan fingerprint density at radius 3 is 2.09 bits per heavy atom. The molecule has 110 valence electrons. The Morgan fingerprint density at radius 1 is 0.955 bits per heavy atom. The van der Waals surface area contributed by atoms with Crippen LogP contribution in [0.4, 0.5) is 11.6 Å². The average molecular weight is 291 g/mol. The Hall–Kier alpha value is -2.49. The number of hydrogen-bond acceptors (Lipinski definition) is 3. The molecule has 2 aliphatic carbocycles. The van der Waals surface area contributed by atoms with E-state index in [1.165, 1.54) is 0 Å². The van der Waals surface area contributed by atoms with Crippen molar-refractivity contribution in [3.05, 3.63) is 60.9 Å². The zero-order valence-electron chi connectivity index (χ0n) is 12.2. The van der Waals surface area contributed by atoms with E-state index in [1.54, 1.807) is 17.3 Å². The molecule has 0 aliphatic heterocycles. The SMILES string of the molecule is O=C([C@@H]1C[C@@H]2C=C[C@H]1C2)N(c1ccccn1)c1ccccn1. The maximum absolute atomic E-state index is 13.1. The number of nitrogens with zero attached hydrogens (tertiary/aromatic N) is 3. The van der Waals surface area contributed by atoms with Crippen LogP contribution in [-0.2, 0) is 4.79 Å². The van der Waals surface area contributed by atoms with Gasteiger partial charge in [-0.05, 0) is 48.9 Å². The van der Waals surface area contributed by atoms with Crippen LogP contribution in [0.5, 0.6) is 0 Å². The molecule has 0 radical (unpaired) electrons. The van der Waals surface area contributed by atoms with Crippen LogP contribution in [0.15, 0.2) is 60.9 Å². The van der Waals surface area contributed by atoms with Crippen LogP contribution in [0.2, 0.25) is 0 Å². The Morgan fingerprint density at radius 2 is 1.64 bits per heavy atom. The van der Waals surface area contributed by atoms with Gasteiger partial charge >= 0.3 is 0 Å². The molecule has 4 heteroatoms. The van der Waals surface area contributed by atoms with Crippen LogP contribution in [-0.4, -0.2) is 15.9 Å². The molecule has 2 bridgehead atoms. The summed E-state index contributed by atoms with van der Waals surface area (Å²) in [5.41, 5.74) is 0. The number of fused-ring (bicyclic) bond motifs is 2. The lowest BCUT2D eigenvalue weighted by atomic mass is 9.92. The molecular weight excluding hydrogens is 274 g/mol. The van der Waals surface area contributed by atoms with Gasteiger partial charge in [0.15, 0.2) is 0 Å². The summed E-state index contributed by atoms with van der Waals surface area (Å²) in [5.74, 6) is 2.35. The van der Waals surface area contributed by atoms with E-state index < -0.39 is 0 Å². The summed E-state index contributed by atoms with van der Waals surface area (Å²) >= 11 is 0. The van der Waals surface area contributed by atoms with Crippen molar-refractivity contribution in [2.24, 2.45) is 17.8 Å². The lowest BCUT2D eigenvalue weighted by molar-refractivity contribution is -0.122. The van der Waals surface area contributed by atoms with Crippen molar-refractivity contribution in [1.29, 1.82) is 0 Å². The Bertz CT molecular complexity index is 659. The Labute approximate surface area is 129 Å². The van der Waals surface area contributed by atoms with Gasteiger partial charge in [0.25, 0.3) is 0 Å². The third-order valence-corrected chi connectivity index (χ3v) is 4.57. The van der Waals surface area contributed by atoms with Gasteiger partial charge in [0, 0.05) is 18.3 Å². The Balaban J connectivity index is 1.72. The van der Waals surface area contributed by atoms with Crippen LogP contribution in [0.3, 0.4) is 0 Å². The normalized spacial score (nSPS) is 25.4. The second-order valence-electron chi connectivity index (χ2n) is 5.94. The lowest BCUT2D eigenvalue weighted by Gasteiger charge is -2.26. The number of carbonyl (C=O) groups is 1. The van der Waals surface area contributed by atoms with Gasteiger partial charge in [-0.1, -0.05) is 24.3 Å². The number of allylic oxidation sites excluding steroid dienone is 2. The zero-order chi connectivity index (χ0) is 14.9. The topological polar surface area (TPSA) is 46.1 Å². The molecule has 2 aromatic rings. The van der Waals surface area contributed by atoms with E-state index in [0.717, 1.165) is 12.8 Å². The summed E-state index contributed by atoms with van der Waals surface area (Å²) in [6, 6.07) is 11.2. The number of hydrogen-bond donors (Lipinski definition) is 0. The summed E-state index contributed by atoms with van der Waals surface area (Å²) in [4.78, 5) is 23.5. The molecule has 1 saturated carbocycles. The van der Waals surface area contributed by atoms with Crippen molar-refractivity contribution < 1.29 is 4.79 Å². The predicted octanol–water partition coefficient (Wildman–Crippen LogP) is 3.35. The molecule has 22 heavy (non-hydrogen) atoms. The first kappa shape index (κ1) is 13.2. The first-order valence-corrected chi connectivity index (χ1v) is 7.67. The predicted molar refractivity (Wildman–Crippen MR) is 84.5 cm³/mol. The van der Waals surface area contributed by atoms with Crippen LogP contribution < -0.4 is 4.90 Å². The van der Waals surface area contributed by atoms with E-state index in [4.69, 9.17) is 0 Å². The molecule has 4 rings (SSSR count). The van der Waals surface area contributed by atoms with Crippen LogP contribution in [0.25, 0.3) is 0 Å². The minimum atomic E-state index is 0.0408. The Kier molecular flexibility index (Phi) is 3.22. The third-order valence-electron chi connectivity index (χ3n) is 4.57. The molecule has 2 aromatic heterocycles. The second-order valence-corrected chi connectivity index (χ2v) is 5.94. The maximum atomic E-state index is 13.1. The minimum Gasteiger partial charge on any atom is -0.274 e. The smallest absolute Gasteiger partial charge is 0.237 e. The highest BCUT2D eigenvalue weighted by molar-refractivity contribution is 6.00. The quantitative estimate of drug-likeness (QED) is 0.815. The summed E-state index contributed by atoms with van der Waals surface area (Å²) in [6.07, 6.45) is 9.91. The molecule has 3 atom stereocenters. The van der Waals surface area contributed by atoms with Gasteiger partial charge in [0.05, 0.1) is 0 Å². The zero-order valence-corrected chi connectivity index (χ0v) is 12.2. The number of carbonyl (C=O) groups excluding carboxylic acids is 1. The average Bonchev–Trinajstić information content (AvgIpc) is 3.20. The van der Waals surface area contributed by atoms with E-state index in [1.807, 2.05) is 36.4 Å². The number of amides is 1. The van der Waals surface area contributed by atoms with Crippen molar-refractivity contribution in [3.8, 4) is 0 Å². The first-order chi connectivity index (χ1) is 10.8. The van der Waals surface area contributed by atoms with Crippen LogP contribution >= 0.6 is 0 Å². The van der Waals surface area contributed by atoms with Crippen molar-refractivity contribution >= 4 is 17.5 Å². The first-order valence-electron chi connectivity index (χ1n) is 7.67. The largest absolute Gasteiger partial charge is 0.274 e. The van der Waals surface area contributed by atoms with Gasteiger partial charge in [0.1, 0.15) is 11.6 Å². The minimum absolute atomic E-state index is 0.0408. The molecule has 0 unspecified atom stereocenters. The monoisotopic (exact) mass is 291 g/mol. The molecular formula is C18H17N3O. The highest BCUT2D eigenvalue weighted by Crippen LogP contribution is 2.45. The fourth-order valence-electron chi connectivity index (χ4n) is 3.55. The molecule has 0 saturated heterocycles. The van der Waals surface area contributed by atoms with E-state index >= 15 is 0 Å². The van der Waals surface area contributed by atoms with Gasteiger partial charge in [-0.2, -0.15) is 0 Å². The molecule has 0 aromatic carbocycles. The van der Waals surface area contributed by atoms with Crippen molar-refractivity contribution in [3.63, 3.8) is 0 Å². The summed E-state index contributed by atoms with van der Waals surface area (Å²) in [7, 11) is 0. The molecule has 2 heterocycles. The highest BCUT2D eigenvalue weighted by atomic mass is 16.2. The van der Waals surface area contributed by atoms with Gasteiger partial charge in [0.2, 0.25) is 5.91 Å². The second kappa shape index (κ2) is 5.37. The fraction of sp³-hybridized carbons (Fsp3) is 0.278. The van der Waals surface area contributed by atoms with Gasteiger partial charge < -0.3 is 0 Å². The van der Waals surface area contributed by atoms with Crippen molar-refractivity contribution in [2.45, 2.75) is 12.8 Å². The molecule has 4 nitrogen and oxygen atoms in total. The molecule has 0 spiro atoms. The van der Waals surface area contributed by atoms with E-state index in [-0.39, 0.29) is 11.8 Å².